The highest BCUT2D eigenvalue weighted by Gasteiger charge is 2.37. The summed E-state index contributed by atoms with van der Waals surface area (Å²) in [6, 6.07) is 1.69. The van der Waals surface area contributed by atoms with Crippen molar-refractivity contribution >= 4 is 46.6 Å². The van der Waals surface area contributed by atoms with Gasteiger partial charge in [-0.2, -0.15) is 0 Å². The molecule has 1 spiro atoms. The second-order valence-electron chi connectivity index (χ2n) is 7.16. The number of hydrogen-bond acceptors (Lipinski definition) is 7. The van der Waals surface area contributed by atoms with E-state index in [0.717, 1.165) is 28.8 Å². The van der Waals surface area contributed by atoms with Crippen LogP contribution in [0.25, 0.3) is 0 Å². The molecule has 0 amide bonds. The highest BCUT2D eigenvalue weighted by Crippen LogP contribution is 2.46. The average molecular weight is 437 g/mol. The Morgan fingerprint density at radius 2 is 1.75 bits per heavy atom. The molecule has 4 rings (SSSR count). The smallest absolute Gasteiger partial charge is 0.151 e. The minimum absolute atomic E-state index is 0.202. The van der Waals surface area contributed by atoms with E-state index in [1.54, 1.807) is 12.3 Å². The second-order valence-corrected chi connectivity index (χ2v) is 8.96. The fourth-order valence-corrected chi connectivity index (χ4v) is 5.31. The van der Waals surface area contributed by atoms with Gasteiger partial charge in [0.25, 0.3) is 0 Å². The van der Waals surface area contributed by atoms with Crippen molar-refractivity contribution in [1.82, 2.24) is 15.0 Å². The van der Waals surface area contributed by atoms with Crippen LogP contribution in [0.1, 0.15) is 38.5 Å². The molecule has 2 aromatic rings. The molecule has 3 heterocycles. The standard InChI is InChI=1S/C18H21Cl2N5S.CHN/c19-16-12(9-13(21)24-17(16)20)26-15-11-22-14(10-23-15)25-7-5-18(6-8-25)3-1-2-4-18;1-2/h9-11H,1-8H2,(H2,21,24);1H. The molecule has 2 aromatic heterocycles. The first kappa shape index (κ1) is 21.0. The minimum Gasteiger partial charge on any atom is -0.384 e. The summed E-state index contributed by atoms with van der Waals surface area (Å²) in [7, 11) is 0. The number of pyridine rings is 1. The minimum atomic E-state index is 0.202. The molecule has 148 valence electrons. The molecule has 1 aliphatic carbocycles. The maximum atomic E-state index is 6.50. The molecule has 0 atom stereocenters. The molecule has 9 heteroatoms. The van der Waals surface area contributed by atoms with Gasteiger partial charge in [-0.3, -0.25) is 0 Å². The lowest BCUT2D eigenvalue weighted by Gasteiger charge is -2.39. The zero-order chi connectivity index (χ0) is 20.1. The molecule has 2 fully saturated rings. The molecule has 0 radical (unpaired) electrons. The zero-order valence-electron chi connectivity index (χ0n) is 15.4. The van der Waals surface area contributed by atoms with E-state index in [1.165, 1.54) is 50.3 Å². The molecule has 0 unspecified atom stereocenters. The van der Waals surface area contributed by atoms with Gasteiger partial charge in [0.05, 0.1) is 17.4 Å². The van der Waals surface area contributed by atoms with Crippen LogP contribution in [0.15, 0.2) is 28.4 Å². The van der Waals surface area contributed by atoms with Crippen LogP contribution in [0.2, 0.25) is 10.2 Å². The van der Waals surface area contributed by atoms with Gasteiger partial charge in [0, 0.05) is 24.6 Å². The molecule has 6 nitrogen and oxygen atoms in total. The van der Waals surface area contributed by atoms with Crippen LogP contribution < -0.4 is 10.6 Å². The van der Waals surface area contributed by atoms with E-state index in [-0.39, 0.29) is 5.15 Å². The average Bonchev–Trinajstić information content (AvgIpc) is 3.16. The number of rotatable bonds is 3. The van der Waals surface area contributed by atoms with Crippen molar-refractivity contribution in [3.63, 3.8) is 0 Å². The summed E-state index contributed by atoms with van der Waals surface area (Å²) in [4.78, 5) is 16.2. The third-order valence-electron chi connectivity index (χ3n) is 5.55. The van der Waals surface area contributed by atoms with Gasteiger partial charge in [0.15, 0.2) is 5.15 Å². The van der Waals surface area contributed by atoms with E-state index in [9.17, 15) is 0 Å². The molecule has 1 saturated heterocycles. The van der Waals surface area contributed by atoms with Crippen LogP contribution in [0.4, 0.5) is 11.6 Å². The van der Waals surface area contributed by atoms with Gasteiger partial charge in [-0.15, -0.1) is 0 Å². The van der Waals surface area contributed by atoms with E-state index in [4.69, 9.17) is 34.2 Å². The van der Waals surface area contributed by atoms with Gasteiger partial charge in [-0.1, -0.05) is 47.8 Å². The fraction of sp³-hybridized carbons (Fsp3) is 0.474. The lowest BCUT2D eigenvalue weighted by Crippen LogP contribution is -2.39. The van der Waals surface area contributed by atoms with Crippen LogP contribution in [-0.2, 0) is 0 Å². The number of nitriles is 1. The topological polar surface area (TPSA) is 91.7 Å². The summed E-state index contributed by atoms with van der Waals surface area (Å²) in [6.45, 7) is 5.65. The van der Waals surface area contributed by atoms with Crippen molar-refractivity contribution in [2.24, 2.45) is 5.41 Å². The van der Waals surface area contributed by atoms with Gasteiger partial charge < -0.3 is 10.6 Å². The highest BCUT2D eigenvalue weighted by atomic mass is 35.5. The number of halogens is 2. The highest BCUT2D eigenvalue weighted by molar-refractivity contribution is 7.99. The summed E-state index contributed by atoms with van der Waals surface area (Å²) < 4.78 is 0. The Balaban J connectivity index is 0.00000109. The molecule has 2 N–H and O–H groups in total. The van der Waals surface area contributed by atoms with Crippen molar-refractivity contribution in [1.29, 1.82) is 5.26 Å². The van der Waals surface area contributed by atoms with E-state index in [0.29, 0.717) is 16.3 Å². The van der Waals surface area contributed by atoms with Crippen LogP contribution >= 0.6 is 35.0 Å². The Kier molecular flexibility index (Phi) is 6.86. The largest absolute Gasteiger partial charge is 0.384 e. The van der Waals surface area contributed by atoms with Gasteiger partial charge >= 0.3 is 0 Å². The molecule has 0 bridgehead atoms. The number of nitrogen functional groups attached to an aromatic ring is 1. The van der Waals surface area contributed by atoms with Gasteiger partial charge in [0.1, 0.15) is 16.7 Å². The first-order valence-electron chi connectivity index (χ1n) is 9.17. The van der Waals surface area contributed by atoms with Crippen LogP contribution in [0.3, 0.4) is 0 Å². The van der Waals surface area contributed by atoms with Crippen molar-refractivity contribution in [2.45, 2.75) is 48.4 Å². The number of nitrogens with zero attached hydrogens (tertiary/aromatic N) is 5. The van der Waals surface area contributed by atoms with Crippen molar-refractivity contribution in [3.8, 4) is 6.57 Å². The monoisotopic (exact) mass is 436 g/mol. The second kappa shape index (κ2) is 9.17. The van der Waals surface area contributed by atoms with Crippen molar-refractivity contribution < 1.29 is 0 Å². The maximum Gasteiger partial charge on any atom is 0.151 e. The first-order valence-corrected chi connectivity index (χ1v) is 10.7. The summed E-state index contributed by atoms with van der Waals surface area (Å²) >= 11 is 13.6. The van der Waals surface area contributed by atoms with Crippen molar-refractivity contribution in [2.75, 3.05) is 23.7 Å². The predicted molar refractivity (Wildman–Crippen MR) is 114 cm³/mol. The number of hydrogen-bond donors (Lipinski definition) is 1. The summed E-state index contributed by atoms with van der Waals surface area (Å²) in [5, 5.41) is 7.84. The van der Waals surface area contributed by atoms with Crippen LogP contribution in [-0.4, -0.2) is 28.0 Å². The lowest BCUT2D eigenvalue weighted by molar-refractivity contribution is 0.226. The van der Waals surface area contributed by atoms with Crippen molar-refractivity contribution in [3.05, 3.63) is 28.6 Å². The Hall–Kier alpha value is -1.75. The fourth-order valence-electron chi connectivity index (χ4n) is 4.04. The number of aromatic nitrogens is 3. The van der Waals surface area contributed by atoms with E-state index >= 15 is 0 Å². The summed E-state index contributed by atoms with van der Waals surface area (Å²) in [6.07, 6.45) is 11.8. The number of nitrogens with two attached hydrogens (primary N) is 1. The number of anilines is 2. The normalized spacial score (nSPS) is 17.9. The third kappa shape index (κ3) is 4.62. The summed E-state index contributed by atoms with van der Waals surface area (Å²) in [5.74, 6) is 1.28. The van der Waals surface area contributed by atoms with Gasteiger partial charge in [0.2, 0.25) is 0 Å². The maximum absolute atomic E-state index is 6.50. The lowest BCUT2D eigenvalue weighted by atomic mass is 9.77. The predicted octanol–water partition coefficient (Wildman–Crippen LogP) is 5.21. The Morgan fingerprint density at radius 3 is 2.36 bits per heavy atom. The van der Waals surface area contributed by atoms with E-state index in [1.807, 2.05) is 6.20 Å². The molecule has 28 heavy (non-hydrogen) atoms. The van der Waals surface area contributed by atoms with Crippen LogP contribution in [0.5, 0.6) is 0 Å². The molecule has 2 aliphatic rings. The van der Waals surface area contributed by atoms with Crippen LogP contribution in [0, 0.1) is 17.2 Å². The summed E-state index contributed by atoms with van der Waals surface area (Å²) in [5.41, 5.74) is 6.35. The molecular formula is C19H22Cl2N6S. The van der Waals surface area contributed by atoms with Gasteiger partial charge in [-0.05, 0) is 37.2 Å². The van der Waals surface area contributed by atoms with Gasteiger partial charge in [-0.25, -0.2) is 20.2 Å². The molecule has 1 saturated carbocycles. The van der Waals surface area contributed by atoms with E-state index < -0.39 is 0 Å². The number of piperidine rings is 1. The van der Waals surface area contributed by atoms with E-state index in [2.05, 4.69) is 26.4 Å². The molecule has 0 aromatic carbocycles. The Bertz CT molecular complexity index is 826. The Labute approximate surface area is 179 Å². The third-order valence-corrected chi connectivity index (χ3v) is 7.37. The SMILES string of the molecule is C#N.Nc1cc(Sc2cnc(N3CCC4(CCCC4)CC3)cn2)c(Cl)c(Cl)n1. The Morgan fingerprint density at radius 1 is 1.07 bits per heavy atom. The molecule has 1 aliphatic heterocycles. The molecular weight excluding hydrogens is 415 g/mol. The zero-order valence-corrected chi connectivity index (χ0v) is 17.8. The first-order chi connectivity index (χ1) is 13.5. The quantitative estimate of drug-likeness (QED) is 0.659.